The fraction of sp³-hybridized carbons (Fsp3) is 0.458. The Bertz CT molecular complexity index is 1370. The van der Waals surface area contributed by atoms with Crippen LogP contribution in [0.2, 0.25) is 0 Å². The zero-order valence-electron chi connectivity index (χ0n) is 20.4. The molecule has 0 radical (unpaired) electrons. The highest BCUT2D eigenvalue weighted by molar-refractivity contribution is 7.90. The highest BCUT2D eigenvalue weighted by atomic mass is 32.2. The SMILES string of the molecule is CS(=O)(=O)c1cc(CN2Cc3ccc(C(N)=NO)cc3C2)ccc1OCC1CCN(S(C)(=O)=O)CC1. The highest BCUT2D eigenvalue weighted by Crippen LogP contribution is 2.30. The average molecular weight is 537 g/mol. The summed E-state index contributed by atoms with van der Waals surface area (Å²) >= 11 is 0. The lowest BCUT2D eigenvalue weighted by Crippen LogP contribution is -2.39. The molecule has 10 nitrogen and oxygen atoms in total. The first-order valence-electron chi connectivity index (χ1n) is 11.7. The van der Waals surface area contributed by atoms with Gasteiger partial charge in [-0.1, -0.05) is 23.4 Å². The van der Waals surface area contributed by atoms with E-state index in [2.05, 4.69) is 10.1 Å². The number of hydrogen-bond acceptors (Lipinski definition) is 8. The number of fused-ring (bicyclic) bond motifs is 1. The molecule has 0 bridgehead atoms. The van der Waals surface area contributed by atoms with Crippen LogP contribution in [0.1, 0.15) is 35.1 Å². The van der Waals surface area contributed by atoms with Crippen molar-refractivity contribution in [1.82, 2.24) is 9.21 Å². The molecule has 0 aliphatic carbocycles. The maximum Gasteiger partial charge on any atom is 0.211 e. The summed E-state index contributed by atoms with van der Waals surface area (Å²) in [6.45, 7) is 3.17. The predicted octanol–water partition coefficient (Wildman–Crippen LogP) is 1.75. The lowest BCUT2D eigenvalue weighted by atomic mass is 9.99. The Morgan fingerprint density at radius 1 is 1.06 bits per heavy atom. The number of nitrogens with zero attached hydrogens (tertiary/aromatic N) is 3. The maximum atomic E-state index is 12.5. The third-order valence-electron chi connectivity index (χ3n) is 6.73. The van der Waals surface area contributed by atoms with Gasteiger partial charge in [-0.25, -0.2) is 21.1 Å². The molecule has 12 heteroatoms. The zero-order chi connectivity index (χ0) is 26.1. The van der Waals surface area contributed by atoms with Crippen molar-refractivity contribution < 1.29 is 26.8 Å². The molecule has 0 atom stereocenters. The van der Waals surface area contributed by atoms with Crippen molar-refractivity contribution in [2.75, 3.05) is 32.2 Å². The summed E-state index contributed by atoms with van der Waals surface area (Å²) in [5.74, 6) is 0.540. The molecule has 0 saturated carbocycles. The Labute approximate surface area is 212 Å². The predicted molar refractivity (Wildman–Crippen MR) is 136 cm³/mol. The van der Waals surface area contributed by atoms with Gasteiger partial charge in [0, 0.05) is 44.5 Å². The van der Waals surface area contributed by atoms with Gasteiger partial charge in [-0.3, -0.25) is 4.90 Å². The molecule has 1 saturated heterocycles. The standard InChI is InChI=1S/C24H32N4O6S2/c1-35(30,31)23-11-18(13-27-14-20-5-4-19(24(25)26-29)12-21(20)15-27)3-6-22(23)34-16-17-7-9-28(10-8-17)36(2,32)33/h3-6,11-12,17,29H,7-10,13-16H2,1-2H3,(H2,25,26). The number of nitrogens with two attached hydrogens (primary N) is 1. The van der Waals surface area contributed by atoms with Crippen LogP contribution >= 0.6 is 0 Å². The molecule has 4 rings (SSSR count). The minimum Gasteiger partial charge on any atom is -0.492 e. The third kappa shape index (κ3) is 6.17. The number of benzene rings is 2. The first-order chi connectivity index (χ1) is 16.9. The summed E-state index contributed by atoms with van der Waals surface area (Å²) in [5, 5.41) is 12.0. The van der Waals surface area contributed by atoms with Crippen LogP contribution in [0.25, 0.3) is 0 Å². The number of sulfonamides is 1. The van der Waals surface area contributed by atoms with Crippen molar-refractivity contribution in [3.63, 3.8) is 0 Å². The fourth-order valence-electron chi connectivity index (χ4n) is 4.73. The van der Waals surface area contributed by atoms with E-state index in [1.807, 2.05) is 24.3 Å². The fourth-order valence-corrected chi connectivity index (χ4v) is 6.46. The van der Waals surface area contributed by atoms with Crippen molar-refractivity contribution in [3.05, 3.63) is 58.7 Å². The van der Waals surface area contributed by atoms with Gasteiger partial charge in [0.25, 0.3) is 0 Å². The van der Waals surface area contributed by atoms with Crippen LogP contribution in [-0.4, -0.2) is 69.3 Å². The summed E-state index contributed by atoms with van der Waals surface area (Å²) < 4.78 is 55.9. The van der Waals surface area contributed by atoms with Crippen LogP contribution in [-0.2, 0) is 39.5 Å². The van der Waals surface area contributed by atoms with E-state index in [0.29, 0.717) is 63.5 Å². The minimum atomic E-state index is -3.52. The van der Waals surface area contributed by atoms with E-state index < -0.39 is 19.9 Å². The van der Waals surface area contributed by atoms with Crippen molar-refractivity contribution in [2.45, 2.75) is 37.4 Å². The van der Waals surface area contributed by atoms with E-state index in [-0.39, 0.29) is 16.6 Å². The first kappa shape index (κ1) is 26.4. The van der Waals surface area contributed by atoms with Gasteiger partial charge >= 0.3 is 0 Å². The Morgan fingerprint density at radius 2 is 1.75 bits per heavy atom. The smallest absolute Gasteiger partial charge is 0.211 e. The average Bonchev–Trinajstić information content (AvgIpc) is 3.23. The van der Waals surface area contributed by atoms with Crippen LogP contribution in [0.4, 0.5) is 0 Å². The number of piperidine rings is 1. The van der Waals surface area contributed by atoms with Gasteiger partial charge in [-0.05, 0) is 53.6 Å². The lowest BCUT2D eigenvalue weighted by molar-refractivity contribution is 0.183. The molecular weight excluding hydrogens is 504 g/mol. The van der Waals surface area contributed by atoms with Gasteiger partial charge in [0.15, 0.2) is 15.7 Å². The molecule has 0 amide bonds. The summed E-state index contributed by atoms with van der Waals surface area (Å²) in [7, 11) is -6.72. The summed E-state index contributed by atoms with van der Waals surface area (Å²) in [6, 6.07) is 10.9. The number of hydrogen-bond donors (Lipinski definition) is 2. The van der Waals surface area contributed by atoms with Crippen molar-refractivity contribution in [1.29, 1.82) is 0 Å². The lowest BCUT2D eigenvalue weighted by Gasteiger charge is -2.30. The summed E-state index contributed by atoms with van der Waals surface area (Å²) in [6.07, 6.45) is 3.73. The minimum absolute atomic E-state index is 0.0607. The van der Waals surface area contributed by atoms with E-state index in [4.69, 9.17) is 15.7 Å². The Morgan fingerprint density at radius 3 is 2.39 bits per heavy atom. The monoisotopic (exact) mass is 536 g/mol. The molecule has 1 fully saturated rings. The highest BCUT2D eigenvalue weighted by Gasteiger charge is 2.26. The van der Waals surface area contributed by atoms with Crippen molar-refractivity contribution in [2.24, 2.45) is 16.8 Å². The second-order valence-corrected chi connectivity index (χ2v) is 13.6. The van der Waals surface area contributed by atoms with Gasteiger partial charge in [0.05, 0.1) is 12.9 Å². The molecule has 36 heavy (non-hydrogen) atoms. The van der Waals surface area contributed by atoms with Crippen LogP contribution in [0.5, 0.6) is 5.75 Å². The van der Waals surface area contributed by atoms with Crippen molar-refractivity contribution >= 4 is 25.7 Å². The largest absolute Gasteiger partial charge is 0.492 e. The molecule has 3 N–H and O–H groups in total. The molecule has 2 aliphatic heterocycles. The van der Waals surface area contributed by atoms with E-state index in [9.17, 15) is 16.8 Å². The molecule has 2 aliphatic rings. The number of ether oxygens (including phenoxy) is 1. The number of rotatable bonds is 8. The van der Waals surface area contributed by atoms with E-state index in [1.165, 1.54) is 16.8 Å². The zero-order valence-corrected chi connectivity index (χ0v) is 22.1. The molecule has 196 valence electrons. The molecular formula is C24H32N4O6S2. The number of oxime groups is 1. The van der Waals surface area contributed by atoms with E-state index >= 15 is 0 Å². The number of sulfone groups is 1. The molecule has 2 aromatic carbocycles. The van der Waals surface area contributed by atoms with Gasteiger partial charge in [0.1, 0.15) is 10.6 Å². The Hall–Kier alpha value is -2.67. The summed E-state index contributed by atoms with van der Waals surface area (Å²) in [4.78, 5) is 2.34. The van der Waals surface area contributed by atoms with Crippen molar-refractivity contribution in [3.8, 4) is 5.75 Å². The third-order valence-corrected chi connectivity index (χ3v) is 9.15. The number of amidine groups is 1. The first-order valence-corrected chi connectivity index (χ1v) is 15.4. The molecule has 2 aromatic rings. The molecule has 0 spiro atoms. The molecule has 0 unspecified atom stereocenters. The molecule has 0 aromatic heterocycles. The van der Waals surface area contributed by atoms with Crippen LogP contribution in [0.3, 0.4) is 0 Å². The Balaban J connectivity index is 1.42. The van der Waals surface area contributed by atoms with E-state index in [1.54, 1.807) is 12.1 Å². The van der Waals surface area contributed by atoms with Crippen LogP contribution in [0, 0.1) is 5.92 Å². The second-order valence-electron chi connectivity index (χ2n) is 9.58. The topological polar surface area (TPSA) is 143 Å². The Kier molecular flexibility index (Phi) is 7.60. The van der Waals surface area contributed by atoms with Crippen LogP contribution in [0.15, 0.2) is 46.4 Å². The normalized spacial score (nSPS) is 18.3. The van der Waals surface area contributed by atoms with Gasteiger partial charge in [0.2, 0.25) is 10.0 Å². The van der Waals surface area contributed by atoms with E-state index in [0.717, 1.165) is 16.7 Å². The van der Waals surface area contributed by atoms with Gasteiger partial charge < -0.3 is 15.7 Å². The second kappa shape index (κ2) is 10.4. The van der Waals surface area contributed by atoms with Gasteiger partial charge in [-0.15, -0.1) is 0 Å². The maximum absolute atomic E-state index is 12.5. The summed E-state index contributed by atoms with van der Waals surface area (Å²) in [5.41, 5.74) is 9.45. The quantitative estimate of drug-likeness (QED) is 0.225. The van der Waals surface area contributed by atoms with Crippen LogP contribution < -0.4 is 10.5 Å². The molecule has 2 heterocycles. The van der Waals surface area contributed by atoms with Gasteiger partial charge in [-0.2, -0.15) is 0 Å².